The Morgan fingerprint density at radius 2 is 1.45 bits per heavy atom. The van der Waals surface area contributed by atoms with Gasteiger partial charge >= 0.3 is 0 Å². The lowest BCUT2D eigenvalue weighted by Gasteiger charge is -2.10. The molecule has 5 nitrogen and oxygen atoms in total. The van der Waals surface area contributed by atoms with E-state index in [9.17, 15) is 16.8 Å². The van der Waals surface area contributed by atoms with E-state index in [0.29, 0.717) is 5.69 Å². The Labute approximate surface area is 143 Å². The number of hydrogen-bond donors (Lipinski definition) is 1. The second-order valence-electron chi connectivity index (χ2n) is 4.81. The van der Waals surface area contributed by atoms with Gasteiger partial charge < -0.3 is 0 Å². The second-order valence-corrected chi connectivity index (χ2v) is 9.67. The Balaban J connectivity index is 2.32. The zero-order chi connectivity index (χ0) is 16.5. The largest absolute Gasteiger partial charge is 0.280 e. The van der Waals surface area contributed by atoms with Crippen molar-refractivity contribution in [2.24, 2.45) is 0 Å². The van der Waals surface area contributed by atoms with Crippen LogP contribution in [-0.2, 0) is 19.9 Å². The molecule has 0 heterocycles. The average molecular weight is 451 g/mol. The summed E-state index contributed by atoms with van der Waals surface area (Å²) in [6, 6.07) is 10.4. The summed E-state index contributed by atoms with van der Waals surface area (Å²) in [5, 5.41) is 0. The molecule has 0 radical (unpaired) electrons. The van der Waals surface area contributed by atoms with Crippen molar-refractivity contribution < 1.29 is 16.8 Å². The highest BCUT2D eigenvalue weighted by atomic mass is 127. The summed E-state index contributed by atoms with van der Waals surface area (Å²) in [5.41, 5.74) is 1.52. The van der Waals surface area contributed by atoms with Crippen molar-refractivity contribution >= 4 is 48.1 Å². The molecule has 0 fully saturated rings. The smallest absolute Gasteiger partial charge is 0.261 e. The van der Waals surface area contributed by atoms with Crippen molar-refractivity contribution in [3.63, 3.8) is 0 Å². The van der Waals surface area contributed by atoms with Gasteiger partial charge in [-0.1, -0.05) is 6.07 Å². The van der Waals surface area contributed by atoms with Crippen LogP contribution in [0.15, 0.2) is 52.3 Å². The van der Waals surface area contributed by atoms with Gasteiger partial charge in [0.25, 0.3) is 10.0 Å². The molecule has 0 aliphatic heterocycles. The van der Waals surface area contributed by atoms with E-state index in [-0.39, 0.29) is 9.79 Å². The van der Waals surface area contributed by atoms with Gasteiger partial charge in [0.15, 0.2) is 9.84 Å². The first kappa shape index (κ1) is 17.2. The lowest BCUT2D eigenvalue weighted by Crippen LogP contribution is -2.13. The topological polar surface area (TPSA) is 80.3 Å². The summed E-state index contributed by atoms with van der Waals surface area (Å²) in [4.78, 5) is 0.0896. The van der Waals surface area contributed by atoms with E-state index >= 15 is 0 Å². The van der Waals surface area contributed by atoms with Crippen LogP contribution in [0.4, 0.5) is 5.69 Å². The molecule has 0 aliphatic rings. The average Bonchev–Trinajstić information content (AvgIpc) is 2.42. The van der Waals surface area contributed by atoms with E-state index < -0.39 is 19.9 Å². The molecule has 0 atom stereocenters. The van der Waals surface area contributed by atoms with Crippen molar-refractivity contribution in [2.75, 3.05) is 11.0 Å². The Kier molecular flexibility index (Phi) is 4.83. The number of aryl methyl sites for hydroxylation is 1. The van der Waals surface area contributed by atoms with Crippen molar-refractivity contribution in [2.45, 2.75) is 16.7 Å². The third-order valence-electron chi connectivity index (χ3n) is 2.99. The Hall–Kier alpha value is -1.13. The summed E-state index contributed by atoms with van der Waals surface area (Å²) in [7, 11) is -7.10. The molecular formula is C14H14INO4S2. The predicted molar refractivity (Wildman–Crippen MR) is 94.3 cm³/mol. The van der Waals surface area contributed by atoms with Crippen molar-refractivity contribution in [1.82, 2.24) is 0 Å². The lowest BCUT2D eigenvalue weighted by atomic mass is 10.2. The van der Waals surface area contributed by atoms with Gasteiger partial charge in [-0.3, -0.25) is 4.72 Å². The van der Waals surface area contributed by atoms with Crippen molar-refractivity contribution in [3.8, 4) is 0 Å². The third kappa shape index (κ3) is 3.99. The van der Waals surface area contributed by atoms with Crippen molar-refractivity contribution in [1.29, 1.82) is 0 Å². The highest BCUT2D eigenvalue weighted by Gasteiger charge is 2.16. The van der Waals surface area contributed by atoms with Gasteiger partial charge in [-0.2, -0.15) is 0 Å². The standard InChI is InChI=1S/C14H14INO4S2/c1-10-3-4-11(9-14(10)15)16-22(19,20)13-7-5-12(6-8-13)21(2,17)18/h3-9,16H,1-2H3. The highest BCUT2D eigenvalue weighted by Crippen LogP contribution is 2.21. The third-order valence-corrected chi connectivity index (χ3v) is 6.67. The van der Waals surface area contributed by atoms with Gasteiger partial charge in [0.2, 0.25) is 0 Å². The van der Waals surface area contributed by atoms with E-state index in [0.717, 1.165) is 15.4 Å². The summed E-state index contributed by atoms with van der Waals surface area (Å²) >= 11 is 2.13. The molecule has 2 rings (SSSR count). The molecule has 2 aromatic carbocycles. The van der Waals surface area contributed by atoms with Gasteiger partial charge in [0.1, 0.15) is 0 Å². The van der Waals surface area contributed by atoms with Gasteiger partial charge in [0, 0.05) is 15.5 Å². The van der Waals surface area contributed by atoms with Crippen LogP contribution >= 0.6 is 22.6 Å². The quantitative estimate of drug-likeness (QED) is 0.726. The lowest BCUT2D eigenvalue weighted by molar-refractivity contribution is 0.597. The van der Waals surface area contributed by atoms with Crippen LogP contribution in [-0.4, -0.2) is 23.1 Å². The molecule has 1 N–H and O–H groups in total. The molecule has 22 heavy (non-hydrogen) atoms. The second kappa shape index (κ2) is 6.17. The molecule has 0 saturated heterocycles. The first-order valence-corrected chi connectivity index (χ1v) is 10.6. The number of sulfonamides is 1. The fourth-order valence-electron chi connectivity index (χ4n) is 1.74. The SMILES string of the molecule is Cc1ccc(NS(=O)(=O)c2ccc(S(C)(=O)=O)cc2)cc1I. The highest BCUT2D eigenvalue weighted by molar-refractivity contribution is 14.1. The minimum Gasteiger partial charge on any atom is -0.280 e. The normalized spacial score (nSPS) is 12.1. The number of benzene rings is 2. The fourth-order valence-corrected chi connectivity index (χ4v) is 3.93. The maximum Gasteiger partial charge on any atom is 0.261 e. The number of hydrogen-bond acceptors (Lipinski definition) is 4. The van der Waals surface area contributed by atoms with Crippen LogP contribution in [0, 0.1) is 10.5 Å². The van der Waals surface area contributed by atoms with Gasteiger partial charge in [-0.25, -0.2) is 16.8 Å². The van der Waals surface area contributed by atoms with Crippen LogP contribution < -0.4 is 4.72 Å². The fraction of sp³-hybridized carbons (Fsp3) is 0.143. The summed E-state index contributed by atoms with van der Waals surface area (Å²) in [6.45, 7) is 1.93. The van der Waals surface area contributed by atoms with Crippen LogP contribution in [0.5, 0.6) is 0 Å². The maximum absolute atomic E-state index is 12.3. The molecule has 8 heteroatoms. The molecule has 2 aromatic rings. The molecule has 0 aromatic heterocycles. The summed E-state index contributed by atoms with van der Waals surface area (Å²) < 4.78 is 50.8. The van der Waals surface area contributed by atoms with E-state index in [1.807, 2.05) is 13.0 Å². The maximum atomic E-state index is 12.3. The molecule has 0 unspecified atom stereocenters. The molecule has 118 valence electrons. The Morgan fingerprint density at radius 3 is 1.95 bits per heavy atom. The summed E-state index contributed by atoms with van der Waals surface area (Å²) in [6.07, 6.45) is 1.07. The monoisotopic (exact) mass is 451 g/mol. The predicted octanol–water partition coefficient (Wildman–Crippen LogP) is 2.80. The minimum absolute atomic E-state index is 0.00971. The van der Waals surface area contributed by atoms with E-state index in [4.69, 9.17) is 0 Å². The molecule has 0 amide bonds. The van der Waals surface area contributed by atoms with Crippen LogP contribution in [0.25, 0.3) is 0 Å². The first-order valence-electron chi connectivity index (χ1n) is 6.19. The van der Waals surface area contributed by atoms with Gasteiger partial charge in [-0.15, -0.1) is 0 Å². The number of rotatable bonds is 4. The number of nitrogens with one attached hydrogen (secondary N) is 1. The molecular weight excluding hydrogens is 437 g/mol. The van der Waals surface area contributed by atoms with Crippen LogP contribution in [0.2, 0.25) is 0 Å². The van der Waals surface area contributed by atoms with Crippen LogP contribution in [0.3, 0.4) is 0 Å². The van der Waals surface area contributed by atoms with Crippen molar-refractivity contribution in [3.05, 3.63) is 51.6 Å². The minimum atomic E-state index is -3.75. The van der Waals surface area contributed by atoms with E-state index in [1.165, 1.54) is 24.3 Å². The zero-order valence-electron chi connectivity index (χ0n) is 11.9. The molecule has 0 spiro atoms. The van der Waals surface area contributed by atoms with E-state index in [1.54, 1.807) is 12.1 Å². The molecule has 0 saturated carbocycles. The summed E-state index contributed by atoms with van der Waals surface area (Å²) in [5.74, 6) is 0. The number of anilines is 1. The Bertz CT molecular complexity index is 904. The Morgan fingerprint density at radius 1 is 0.909 bits per heavy atom. The zero-order valence-corrected chi connectivity index (χ0v) is 15.7. The molecule has 0 aliphatic carbocycles. The van der Waals surface area contributed by atoms with E-state index in [2.05, 4.69) is 27.3 Å². The van der Waals surface area contributed by atoms with Crippen LogP contribution in [0.1, 0.15) is 5.56 Å². The number of sulfone groups is 1. The first-order chi connectivity index (χ1) is 10.1. The molecule has 0 bridgehead atoms. The number of halogens is 1. The van der Waals surface area contributed by atoms with Gasteiger partial charge in [-0.05, 0) is 71.5 Å². The van der Waals surface area contributed by atoms with Gasteiger partial charge in [0.05, 0.1) is 9.79 Å².